The first-order valence-electron chi connectivity index (χ1n) is 9.65. The molecule has 3 rings (SSSR count). The number of carbonyl (C=O) groups excluding carboxylic acids is 1. The third-order valence-corrected chi connectivity index (χ3v) is 6.91. The van der Waals surface area contributed by atoms with Gasteiger partial charge in [0.25, 0.3) is 5.91 Å². The Hall–Kier alpha value is -3.10. The van der Waals surface area contributed by atoms with Gasteiger partial charge in [-0.1, -0.05) is 6.07 Å². The zero-order chi connectivity index (χ0) is 23.5. The molecule has 0 saturated carbocycles. The van der Waals surface area contributed by atoms with Crippen LogP contribution in [-0.4, -0.2) is 55.8 Å². The van der Waals surface area contributed by atoms with Crippen molar-refractivity contribution in [3.8, 4) is 11.8 Å². The molecule has 0 N–H and O–H groups in total. The second-order valence-electron chi connectivity index (χ2n) is 7.15. The van der Waals surface area contributed by atoms with Crippen LogP contribution >= 0.6 is 0 Å². The van der Waals surface area contributed by atoms with Gasteiger partial charge in [0.15, 0.2) is 6.10 Å². The summed E-state index contributed by atoms with van der Waals surface area (Å²) in [7, 11) is -3.98. The van der Waals surface area contributed by atoms with Gasteiger partial charge in [-0.2, -0.15) is 22.7 Å². The second-order valence-corrected chi connectivity index (χ2v) is 9.09. The Kier molecular flexibility index (Phi) is 6.76. The monoisotopic (exact) mass is 467 g/mol. The molecule has 1 amide bonds. The molecule has 11 heteroatoms. The topological polar surface area (TPSA) is 90.7 Å². The second kappa shape index (κ2) is 9.18. The van der Waals surface area contributed by atoms with E-state index < -0.39 is 27.9 Å². The van der Waals surface area contributed by atoms with Crippen molar-refractivity contribution >= 4 is 15.9 Å². The summed E-state index contributed by atoms with van der Waals surface area (Å²) in [5, 5.41) is 8.95. The maximum atomic E-state index is 12.8. The van der Waals surface area contributed by atoms with Crippen LogP contribution in [0, 0.1) is 11.3 Å². The summed E-state index contributed by atoms with van der Waals surface area (Å²) in [6.07, 6.45) is -5.40. The van der Waals surface area contributed by atoms with E-state index in [2.05, 4.69) is 0 Å². The Morgan fingerprint density at radius 3 is 2.28 bits per heavy atom. The highest BCUT2D eigenvalue weighted by Crippen LogP contribution is 2.30. The lowest BCUT2D eigenvalue weighted by molar-refractivity contribution is -0.139. The smallest absolute Gasteiger partial charge is 0.416 e. The molecule has 2 aromatic carbocycles. The van der Waals surface area contributed by atoms with Gasteiger partial charge in [-0.25, -0.2) is 8.42 Å². The van der Waals surface area contributed by atoms with Crippen molar-refractivity contribution in [1.29, 1.82) is 5.26 Å². The highest BCUT2D eigenvalue weighted by Gasteiger charge is 2.34. The lowest BCUT2D eigenvalue weighted by Gasteiger charge is -2.35. The summed E-state index contributed by atoms with van der Waals surface area (Å²) >= 11 is 0. The Labute approximate surface area is 183 Å². The summed E-state index contributed by atoms with van der Waals surface area (Å²) in [5.74, 6) is 0.0346. The van der Waals surface area contributed by atoms with E-state index >= 15 is 0 Å². The van der Waals surface area contributed by atoms with E-state index in [1.807, 2.05) is 6.07 Å². The number of piperazine rings is 1. The normalized spacial score (nSPS) is 16.3. The van der Waals surface area contributed by atoms with E-state index in [1.165, 1.54) is 11.0 Å². The molecule has 1 fully saturated rings. The lowest BCUT2D eigenvalue weighted by Crippen LogP contribution is -2.53. The van der Waals surface area contributed by atoms with Crippen molar-refractivity contribution in [3.63, 3.8) is 0 Å². The number of benzene rings is 2. The van der Waals surface area contributed by atoms with Crippen LogP contribution in [0.2, 0.25) is 0 Å². The molecular formula is C21H20F3N3O4S. The first kappa shape index (κ1) is 23.6. The Morgan fingerprint density at radius 2 is 1.72 bits per heavy atom. The van der Waals surface area contributed by atoms with E-state index in [0.29, 0.717) is 11.3 Å². The highest BCUT2D eigenvalue weighted by atomic mass is 32.2. The van der Waals surface area contributed by atoms with Gasteiger partial charge in [0.05, 0.1) is 22.1 Å². The van der Waals surface area contributed by atoms with Crippen molar-refractivity contribution in [2.24, 2.45) is 0 Å². The van der Waals surface area contributed by atoms with Crippen LogP contribution in [0.15, 0.2) is 53.4 Å². The summed E-state index contributed by atoms with van der Waals surface area (Å²) in [6, 6.07) is 11.7. The van der Waals surface area contributed by atoms with Gasteiger partial charge in [0, 0.05) is 26.2 Å². The van der Waals surface area contributed by atoms with Gasteiger partial charge in [-0.3, -0.25) is 4.79 Å². The van der Waals surface area contributed by atoms with Crippen molar-refractivity contribution in [3.05, 3.63) is 59.7 Å². The van der Waals surface area contributed by atoms with Gasteiger partial charge < -0.3 is 9.64 Å². The first-order valence-corrected chi connectivity index (χ1v) is 11.1. The molecule has 32 heavy (non-hydrogen) atoms. The first-order chi connectivity index (χ1) is 15.0. The maximum absolute atomic E-state index is 12.8. The van der Waals surface area contributed by atoms with Crippen LogP contribution in [0.25, 0.3) is 0 Å². The van der Waals surface area contributed by atoms with Crippen molar-refractivity contribution in [2.45, 2.75) is 24.1 Å². The maximum Gasteiger partial charge on any atom is 0.416 e. The number of amides is 1. The molecule has 1 unspecified atom stereocenters. The third kappa shape index (κ3) is 5.20. The minimum atomic E-state index is -4.55. The molecule has 1 aliphatic rings. The Bertz CT molecular complexity index is 1120. The summed E-state index contributed by atoms with van der Waals surface area (Å²) in [4.78, 5) is 13.9. The van der Waals surface area contributed by atoms with Crippen LogP contribution in [-0.2, 0) is 21.0 Å². The fraction of sp³-hybridized carbons (Fsp3) is 0.333. The molecule has 0 spiro atoms. The number of rotatable bonds is 5. The van der Waals surface area contributed by atoms with Crippen LogP contribution < -0.4 is 4.74 Å². The fourth-order valence-electron chi connectivity index (χ4n) is 3.26. The largest absolute Gasteiger partial charge is 0.481 e. The molecule has 0 radical (unpaired) electrons. The van der Waals surface area contributed by atoms with Gasteiger partial charge in [-0.05, 0) is 49.4 Å². The lowest BCUT2D eigenvalue weighted by atomic mass is 10.2. The van der Waals surface area contributed by atoms with E-state index in [1.54, 1.807) is 25.1 Å². The van der Waals surface area contributed by atoms with Gasteiger partial charge in [0.1, 0.15) is 5.75 Å². The minimum absolute atomic E-state index is 0.00569. The standard InChI is InChI=1S/C21H20F3N3O4S/c1-15(31-18-4-2-3-16(13-18)14-25)20(28)26-9-11-27(12-10-26)32(29,30)19-7-5-17(6-8-19)21(22,23)24/h2-8,13,15H,9-12H2,1H3. The number of hydrogen-bond donors (Lipinski definition) is 0. The zero-order valence-corrected chi connectivity index (χ0v) is 17.9. The number of nitrogens with zero attached hydrogens (tertiary/aromatic N) is 3. The molecule has 1 aliphatic heterocycles. The Morgan fingerprint density at radius 1 is 1.09 bits per heavy atom. The molecule has 1 atom stereocenters. The van der Waals surface area contributed by atoms with Crippen molar-refractivity contribution in [1.82, 2.24) is 9.21 Å². The molecule has 0 aromatic heterocycles. The summed E-state index contributed by atoms with van der Waals surface area (Å²) < 4.78 is 70.4. The van der Waals surface area contributed by atoms with Crippen molar-refractivity contribution in [2.75, 3.05) is 26.2 Å². The summed E-state index contributed by atoms with van der Waals surface area (Å²) in [6.45, 7) is 1.80. The third-order valence-electron chi connectivity index (χ3n) is 4.99. The predicted octanol–water partition coefficient (Wildman–Crippen LogP) is 2.88. The van der Waals surface area contributed by atoms with Crippen LogP contribution in [0.1, 0.15) is 18.1 Å². The predicted molar refractivity (Wildman–Crippen MR) is 108 cm³/mol. The minimum Gasteiger partial charge on any atom is -0.481 e. The average Bonchev–Trinajstić information content (AvgIpc) is 2.78. The molecule has 7 nitrogen and oxygen atoms in total. The van der Waals surface area contributed by atoms with Crippen LogP contribution in [0.3, 0.4) is 0 Å². The molecular weight excluding hydrogens is 447 g/mol. The number of hydrogen-bond acceptors (Lipinski definition) is 5. The number of halogens is 3. The molecule has 1 heterocycles. The van der Waals surface area contributed by atoms with Crippen LogP contribution in [0.5, 0.6) is 5.75 Å². The van der Waals surface area contributed by atoms with E-state index in [9.17, 15) is 26.4 Å². The van der Waals surface area contributed by atoms with E-state index in [-0.39, 0.29) is 37.0 Å². The SMILES string of the molecule is CC(Oc1cccc(C#N)c1)C(=O)N1CCN(S(=O)(=O)c2ccc(C(F)(F)F)cc2)CC1. The number of alkyl halides is 3. The molecule has 170 valence electrons. The molecule has 0 aliphatic carbocycles. The highest BCUT2D eigenvalue weighted by molar-refractivity contribution is 7.89. The average molecular weight is 467 g/mol. The molecule has 1 saturated heterocycles. The van der Waals surface area contributed by atoms with Crippen molar-refractivity contribution < 1.29 is 31.1 Å². The van der Waals surface area contributed by atoms with Gasteiger partial charge in [0.2, 0.25) is 10.0 Å². The number of carbonyl (C=O) groups is 1. The van der Waals surface area contributed by atoms with Gasteiger partial charge >= 0.3 is 6.18 Å². The van der Waals surface area contributed by atoms with Crippen LogP contribution in [0.4, 0.5) is 13.2 Å². The quantitative estimate of drug-likeness (QED) is 0.675. The molecule has 0 bridgehead atoms. The van der Waals surface area contributed by atoms with Gasteiger partial charge in [-0.15, -0.1) is 0 Å². The summed E-state index contributed by atoms with van der Waals surface area (Å²) in [5.41, 5.74) is -0.537. The number of sulfonamides is 1. The number of ether oxygens (including phenoxy) is 1. The zero-order valence-electron chi connectivity index (χ0n) is 17.0. The van der Waals surface area contributed by atoms with E-state index in [0.717, 1.165) is 28.6 Å². The Balaban J connectivity index is 1.61. The van der Waals surface area contributed by atoms with E-state index in [4.69, 9.17) is 10.00 Å². The fourth-order valence-corrected chi connectivity index (χ4v) is 4.69. The number of nitriles is 1. The molecule has 2 aromatic rings.